The Labute approximate surface area is 161 Å². The summed E-state index contributed by atoms with van der Waals surface area (Å²) in [5, 5.41) is 13.7. The van der Waals surface area contributed by atoms with Crippen molar-refractivity contribution in [1.82, 2.24) is 19.7 Å². The quantitative estimate of drug-likeness (QED) is 0.705. The number of nitriles is 1. The first kappa shape index (κ1) is 17.5. The van der Waals surface area contributed by atoms with Crippen LogP contribution in [-0.4, -0.2) is 38.7 Å². The number of rotatable bonds is 4. The number of hydrogen-bond acceptors (Lipinski definition) is 7. The average Bonchev–Trinajstić information content (AvgIpc) is 3.40. The molecule has 4 N–H and O–H groups in total. The number of carbonyl (C=O) groups is 1. The van der Waals surface area contributed by atoms with E-state index < -0.39 is 5.91 Å². The van der Waals surface area contributed by atoms with Crippen molar-refractivity contribution in [3.8, 4) is 23.1 Å². The van der Waals surface area contributed by atoms with Crippen LogP contribution in [0.2, 0.25) is 0 Å². The Hall–Kier alpha value is -3.93. The first-order chi connectivity index (χ1) is 13.6. The van der Waals surface area contributed by atoms with E-state index in [0.29, 0.717) is 11.3 Å². The number of amides is 1. The molecule has 0 atom stereocenters. The summed E-state index contributed by atoms with van der Waals surface area (Å²) in [5.74, 6) is -0.144. The van der Waals surface area contributed by atoms with Gasteiger partial charge in [0.05, 0.1) is 34.9 Å². The van der Waals surface area contributed by atoms with Crippen molar-refractivity contribution in [1.29, 1.82) is 5.26 Å². The maximum absolute atomic E-state index is 11.3. The lowest BCUT2D eigenvalue weighted by Crippen LogP contribution is -2.18. The number of benzene rings is 1. The van der Waals surface area contributed by atoms with E-state index in [1.807, 2.05) is 12.1 Å². The molecule has 1 aromatic carbocycles. The fourth-order valence-electron chi connectivity index (χ4n) is 3.28. The molecule has 0 radical (unpaired) electrons. The molecule has 1 saturated heterocycles. The van der Waals surface area contributed by atoms with Crippen LogP contribution in [0.3, 0.4) is 0 Å². The van der Waals surface area contributed by atoms with Gasteiger partial charge in [-0.1, -0.05) is 6.07 Å². The Morgan fingerprint density at radius 2 is 2.00 bits per heavy atom. The second kappa shape index (κ2) is 7.00. The number of primary amides is 1. The minimum atomic E-state index is -0.593. The highest BCUT2D eigenvalue weighted by molar-refractivity contribution is 5.92. The molecule has 0 saturated carbocycles. The van der Waals surface area contributed by atoms with Gasteiger partial charge in [-0.25, -0.2) is 14.6 Å². The smallest absolute Gasteiger partial charge is 0.251 e. The molecule has 28 heavy (non-hydrogen) atoms. The molecule has 3 heterocycles. The molecule has 3 aromatic rings. The average molecular weight is 374 g/mol. The molecule has 1 amide bonds. The lowest BCUT2D eigenvalue weighted by molar-refractivity contribution is 0.100. The van der Waals surface area contributed by atoms with Crippen molar-refractivity contribution in [2.45, 2.75) is 12.8 Å². The van der Waals surface area contributed by atoms with Gasteiger partial charge in [-0.2, -0.15) is 10.4 Å². The molecule has 4 rings (SSSR count). The molecule has 1 fully saturated rings. The van der Waals surface area contributed by atoms with E-state index in [0.717, 1.165) is 37.2 Å². The van der Waals surface area contributed by atoms with Gasteiger partial charge < -0.3 is 16.4 Å². The van der Waals surface area contributed by atoms with Crippen LogP contribution < -0.4 is 16.4 Å². The number of nitrogens with zero attached hydrogens (tertiary/aromatic N) is 6. The molecule has 9 nitrogen and oxygen atoms in total. The third kappa shape index (κ3) is 3.12. The number of hydrogen-bond donors (Lipinski definition) is 2. The molecular formula is C19H18N8O. The summed E-state index contributed by atoms with van der Waals surface area (Å²) in [6, 6.07) is 7.93. The van der Waals surface area contributed by atoms with E-state index in [4.69, 9.17) is 11.5 Å². The first-order valence-corrected chi connectivity index (χ1v) is 8.83. The van der Waals surface area contributed by atoms with Crippen molar-refractivity contribution >= 4 is 17.4 Å². The van der Waals surface area contributed by atoms with Crippen molar-refractivity contribution in [3.63, 3.8) is 0 Å². The molecular weight excluding hydrogens is 356 g/mol. The fourth-order valence-corrected chi connectivity index (χ4v) is 3.28. The van der Waals surface area contributed by atoms with E-state index in [2.05, 4.69) is 26.0 Å². The zero-order chi connectivity index (χ0) is 19.7. The molecule has 9 heteroatoms. The zero-order valence-electron chi connectivity index (χ0n) is 15.0. The van der Waals surface area contributed by atoms with Gasteiger partial charge in [0.1, 0.15) is 6.07 Å². The van der Waals surface area contributed by atoms with Gasteiger partial charge in [-0.05, 0) is 25.0 Å². The normalized spacial score (nSPS) is 13.5. The Morgan fingerprint density at radius 3 is 2.68 bits per heavy atom. The predicted octanol–water partition coefficient (Wildman–Crippen LogP) is 1.48. The highest BCUT2D eigenvalue weighted by atomic mass is 16.1. The summed E-state index contributed by atoms with van der Waals surface area (Å²) in [6.07, 6.45) is 6.61. The minimum absolute atomic E-state index is 0.164. The lowest BCUT2D eigenvalue weighted by atomic mass is 10.1. The van der Waals surface area contributed by atoms with Gasteiger partial charge in [0.15, 0.2) is 11.6 Å². The van der Waals surface area contributed by atoms with E-state index >= 15 is 0 Å². The van der Waals surface area contributed by atoms with E-state index in [-0.39, 0.29) is 17.2 Å². The highest BCUT2D eigenvalue weighted by Gasteiger charge is 2.17. The Morgan fingerprint density at radius 1 is 1.21 bits per heavy atom. The summed E-state index contributed by atoms with van der Waals surface area (Å²) < 4.78 is 1.36. The van der Waals surface area contributed by atoms with E-state index in [9.17, 15) is 10.1 Å². The summed E-state index contributed by atoms with van der Waals surface area (Å²) in [4.78, 5) is 22.2. The number of carbonyl (C=O) groups excluding carboxylic acids is 1. The van der Waals surface area contributed by atoms with Gasteiger partial charge in [-0.15, -0.1) is 0 Å². The van der Waals surface area contributed by atoms with Crippen LogP contribution in [-0.2, 0) is 0 Å². The van der Waals surface area contributed by atoms with Crippen molar-refractivity contribution < 1.29 is 4.79 Å². The highest BCUT2D eigenvalue weighted by Crippen LogP contribution is 2.29. The van der Waals surface area contributed by atoms with Gasteiger partial charge in [0, 0.05) is 24.8 Å². The van der Waals surface area contributed by atoms with Crippen LogP contribution in [0.4, 0.5) is 11.5 Å². The molecule has 0 spiro atoms. The van der Waals surface area contributed by atoms with E-state index in [1.165, 1.54) is 17.1 Å². The standard InChI is InChI=1S/C19H18N8O/c20-8-13-7-12(3-4-16(13)26-5-1-2-6-26)15-10-23-17(21)19(25-15)27-11-14(9-24-27)18(22)28/h3-4,7,9-11H,1-2,5-6H2,(H2,21,23)(H2,22,28). The molecule has 0 bridgehead atoms. The van der Waals surface area contributed by atoms with Crippen LogP contribution in [0.5, 0.6) is 0 Å². The number of anilines is 2. The summed E-state index contributed by atoms with van der Waals surface area (Å²) in [5.41, 5.74) is 14.3. The SMILES string of the molecule is N#Cc1cc(-c2cnc(N)c(-n3cc(C(N)=O)cn3)n2)ccc1N1CCCC1. The minimum Gasteiger partial charge on any atom is -0.381 e. The van der Waals surface area contributed by atoms with Gasteiger partial charge in [0.2, 0.25) is 0 Å². The fraction of sp³-hybridized carbons (Fsp3) is 0.211. The number of nitrogens with two attached hydrogens (primary N) is 2. The zero-order valence-corrected chi connectivity index (χ0v) is 15.0. The molecule has 140 valence electrons. The summed E-state index contributed by atoms with van der Waals surface area (Å²) >= 11 is 0. The molecule has 1 aliphatic heterocycles. The van der Waals surface area contributed by atoms with Crippen molar-refractivity contribution in [3.05, 3.63) is 47.9 Å². The van der Waals surface area contributed by atoms with Crippen molar-refractivity contribution in [2.75, 3.05) is 23.7 Å². The van der Waals surface area contributed by atoms with Gasteiger partial charge in [0.25, 0.3) is 5.91 Å². The summed E-state index contributed by atoms with van der Waals surface area (Å²) in [7, 11) is 0. The Bertz CT molecular complexity index is 1090. The third-order valence-corrected chi connectivity index (χ3v) is 4.73. The molecule has 1 aliphatic rings. The predicted molar refractivity (Wildman–Crippen MR) is 104 cm³/mol. The second-order valence-electron chi connectivity index (χ2n) is 6.54. The Balaban J connectivity index is 1.73. The van der Waals surface area contributed by atoms with Crippen LogP contribution >= 0.6 is 0 Å². The van der Waals surface area contributed by atoms with Gasteiger partial charge in [-0.3, -0.25) is 4.79 Å². The number of aromatic nitrogens is 4. The largest absolute Gasteiger partial charge is 0.381 e. The van der Waals surface area contributed by atoms with Crippen molar-refractivity contribution in [2.24, 2.45) is 5.73 Å². The molecule has 0 unspecified atom stereocenters. The summed E-state index contributed by atoms with van der Waals surface area (Å²) in [6.45, 7) is 1.92. The van der Waals surface area contributed by atoms with E-state index in [1.54, 1.807) is 12.3 Å². The van der Waals surface area contributed by atoms with Crippen LogP contribution in [0.15, 0.2) is 36.8 Å². The molecule has 0 aliphatic carbocycles. The molecule has 2 aromatic heterocycles. The second-order valence-corrected chi connectivity index (χ2v) is 6.54. The maximum atomic E-state index is 11.3. The van der Waals surface area contributed by atoms with Gasteiger partial charge >= 0.3 is 0 Å². The first-order valence-electron chi connectivity index (χ1n) is 8.83. The monoisotopic (exact) mass is 374 g/mol. The third-order valence-electron chi connectivity index (χ3n) is 4.73. The number of nitrogen functional groups attached to an aromatic ring is 1. The maximum Gasteiger partial charge on any atom is 0.251 e. The lowest BCUT2D eigenvalue weighted by Gasteiger charge is -2.19. The van der Waals surface area contributed by atoms with Crippen LogP contribution in [0, 0.1) is 11.3 Å². The van der Waals surface area contributed by atoms with Crippen LogP contribution in [0.1, 0.15) is 28.8 Å². The van der Waals surface area contributed by atoms with Crippen LogP contribution in [0.25, 0.3) is 17.1 Å². The topological polar surface area (TPSA) is 140 Å². The Kier molecular flexibility index (Phi) is 4.37.